The fourth-order valence-electron chi connectivity index (χ4n) is 5.28. The van der Waals surface area contributed by atoms with Crippen LogP contribution in [0.3, 0.4) is 0 Å². The molecular formula is C30H30F5N7O2. The highest BCUT2D eigenvalue weighted by atomic mass is 19.4. The first-order valence-electron chi connectivity index (χ1n) is 14.3. The van der Waals surface area contributed by atoms with Gasteiger partial charge in [-0.1, -0.05) is 6.07 Å². The fourth-order valence-corrected chi connectivity index (χ4v) is 5.28. The lowest BCUT2D eigenvalue weighted by molar-refractivity contribution is -0.290. The van der Waals surface area contributed by atoms with Crippen LogP contribution >= 0.6 is 0 Å². The summed E-state index contributed by atoms with van der Waals surface area (Å²) in [6.07, 6.45) is -0.423. The zero-order valence-electron chi connectivity index (χ0n) is 23.8. The lowest BCUT2D eigenvalue weighted by Crippen LogP contribution is -2.49. The number of H-pyrrole nitrogens is 1. The Bertz CT molecular complexity index is 1650. The summed E-state index contributed by atoms with van der Waals surface area (Å²) in [5.41, 5.74) is 4.18. The summed E-state index contributed by atoms with van der Waals surface area (Å²) in [6.45, 7) is 3.41. The summed E-state index contributed by atoms with van der Waals surface area (Å²) in [5.74, 6) is -4.20. The molecule has 0 bridgehead atoms. The lowest BCUT2D eigenvalue weighted by atomic mass is 10.1. The summed E-state index contributed by atoms with van der Waals surface area (Å²) in [6, 6.07) is 10.6. The van der Waals surface area contributed by atoms with Crippen molar-refractivity contribution in [1.29, 1.82) is 0 Å². The molecule has 4 heterocycles. The summed E-state index contributed by atoms with van der Waals surface area (Å²) < 4.78 is 68.6. The number of benzene rings is 1. The Labute approximate surface area is 249 Å². The Balaban J connectivity index is 1.11. The maximum atomic E-state index is 13.3. The number of rotatable bonds is 9. The van der Waals surface area contributed by atoms with Gasteiger partial charge in [-0.05, 0) is 49.6 Å². The number of ether oxygens (including phenoxy) is 1. The first kappa shape index (κ1) is 29.9. The van der Waals surface area contributed by atoms with E-state index in [1.165, 1.54) is 6.07 Å². The van der Waals surface area contributed by atoms with Crippen LogP contribution in [-0.2, 0) is 11.2 Å². The standard InChI is InChI=1S/C30H30F5N7O2/c1-18(41-8-10-42(11-9-41)28(43)19-2-3-19)20-6-7-36-22(12-20)14-26-39-23-5-4-21(13-25(23)40-26)24-15-27(38-17-37-24)44-16-29(31,32)30(33,34)35/h4-7,12-13,15,17-19H,2-3,8-11,14,16H2,1H3,(H,39,40). The van der Waals surface area contributed by atoms with Crippen molar-refractivity contribution in [3.8, 4) is 17.1 Å². The molecule has 3 aromatic heterocycles. The van der Waals surface area contributed by atoms with E-state index in [0.29, 0.717) is 34.7 Å². The first-order valence-corrected chi connectivity index (χ1v) is 14.3. The minimum Gasteiger partial charge on any atom is -0.471 e. The molecule has 2 aliphatic rings. The highest BCUT2D eigenvalue weighted by Gasteiger charge is 2.58. The Hall–Kier alpha value is -4.20. The molecule has 14 heteroatoms. The molecule has 1 N–H and O–H groups in total. The highest BCUT2D eigenvalue weighted by molar-refractivity contribution is 5.82. The van der Waals surface area contributed by atoms with Gasteiger partial charge in [-0.15, -0.1) is 0 Å². The number of carbonyl (C=O) groups is 1. The van der Waals surface area contributed by atoms with Crippen molar-refractivity contribution in [3.05, 3.63) is 66.0 Å². The summed E-state index contributed by atoms with van der Waals surface area (Å²) >= 11 is 0. The van der Waals surface area contributed by atoms with Crippen molar-refractivity contribution in [2.45, 2.75) is 44.3 Å². The topological polar surface area (TPSA) is 100 Å². The maximum absolute atomic E-state index is 13.3. The number of alkyl halides is 5. The average Bonchev–Trinajstić information content (AvgIpc) is 3.79. The predicted octanol–water partition coefficient (Wildman–Crippen LogP) is 5.20. The number of hydrogen-bond donors (Lipinski definition) is 1. The lowest BCUT2D eigenvalue weighted by Gasteiger charge is -2.38. The van der Waals surface area contributed by atoms with Crippen molar-refractivity contribution in [2.75, 3.05) is 32.8 Å². The number of piperazine rings is 1. The van der Waals surface area contributed by atoms with E-state index in [1.54, 1.807) is 24.4 Å². The molecule has 1 aliphatic carbocycles. The minimum atomic E-state index is -5.73. The quantitative estimate of drug-likeness (QED) is 0.259. The number of pyridine rings is 1. The Morgan fingerprint density at radius 3 is 2.52 bits per heavy atom. The van der Waals surface area contributed by atoms with Crippen molar-refractivity contribution in [3.63, 3.8) is 0 Å². The second-order valence-electron chi connectivity index (χ2n) is 11.2. The molecule has 1 unspecified atom stereocenters. The zero-order valence-corrected chi connectivity index (χ0v) is 23.8. The van der Waals surface area contributed by atoms with Gasteiger partial charge in [-0.25, -0.2) is 15.0 Å². The molecule has 1 aliphatic heterocycles. The Morgan fingerprint density at radius 1 is 1.02 bits per heavy atom. The van der Waals surface area contributed by atoms with Gasteiger partial charge in [0.05, 0.1) is 16.7 Å². The predicted molar refractivity (Wildman–Crippen MR) is 150 cm³/mol. The van der Waals surface area contributed by atoms with Gasteiger partial charge in [0.2, 0.25) is 11.8 Å². The van der Waals surface area contributed by atoms with Crippen LogP contribution in [0.4, 0.5) is 22.0 Å². The highest BCUT2D eigenvalue weighted by Crippen LogP contribution is 2.36. The molecule has 1 atom stereocenters. The van der Waals surface area contributed by atoms with Gasteiger partial charge in [0, 0.05) is 68.1 Å². The molecule has 2 fully saturated rings. The van der Waals surface area contributed by atoms with Crippen LogP contribution in [0.25, 0.3) is 22.3 Å². The van der Waals surface area contributed by atoms with Crippen LogP contribution in [0.15, 0.2) is 48.9 Å². The van der Waals surface area contributed by atoms with Crippen LogP contribution in [-0.4, -0.2) is 85.5 Å². The summed E-state index contributed by atoms with van der Waals surface area (Å²) in [4.78, 5) is 37.0. The molecule has 6 rings (SSSR count). The number of aromatic nitrogens is 5. The number of halogens is 5. The van der Waals surface area contributed by atoms with E-state index in [4.69, 9.17) is 0 Å². The van der Waals surface area contributed by atoms with Crippen LogP contribution in [0.1, 0.15) is 42.9 Å². The number of nitrogens with one attached hydrogen (secondary N) is 1. The van der Waals surface area contributed by atoms with Crippen molar-refractivity contribution in [2.24, 2.45) is 5.92 Å². The molecule has 1 saturated heterocycles. The van der Waals surface area contributed by atoms with E-state index in [1.807, 2.05) is 11.0 Å². The largest absolute Gasteiger partial charge is 0.471 e. The molecule has 232 valence electrons. The van der Waals surface area contributed by atoms with Crippen LogP contribution < -0.4 is 4.74 Å². The third-order valence-electron chi connectivity index (χ3n) is 8.06. The molecule has 1 aromatic carbocycles. The fraction of sp³-hybridized carbons (Fsp3) is 0.433. The average molecular weight is 616 g/mol. The van der Waals surface area contributed by atoms with Gasteiger partial charge < -0.3 is 14.6 Å². The minimum absolute atomic E-state index is 0.162. The molecule has 44 heavy (non-hydrogen) atoms. The Kier molecular flexibility index (Phi) is 7.95. The molecule has 1 saturated carbocycles. The number of aromatic amines is 1. The zero-order chi connectivity index (χ0) is 31.1. The van der Waals surface area contributed by atoms with Crippen molar-refractivity contribution >= 4 is 16.9 Å². The van der Waals surface area contributed by atoms with Crippen molar-refractivity contribution < 1.29 is 31.5 Å². The maximum Gasteiger partial charge on any atom is 0.456 e. The van der Waals surface area contributed by atoms with Crippen molar-refractivity contribution in [1.82, 2.24) is 34.7 Å². The second-order valence-corrected chi connectivity index (χ2v) is 11.2. The number of carbonyl (C=O) groups excluding carboxylic acids is 1. The molecule has 1 amide bonds. The summed E-state index contributed by atoms with van der Waals surface area (Å²) in [7, 11) is 0. The van der Waals surface area contributed by atoms with Crippen LogP contribution in [0.5, 0.6) is 5.88 Å². The monoisotopic (exact) mass is 615 g/mol. The van der Waals surface area contributed by atoms with E-state index < -0.39 is 24.6 Å². The van der Waals surface area contributed by atoms with Gasteiger partial charge in [0.15, 0.2) is 6.61 Å². The van der Waals surface area contributed by atoms with Crippen LogP contribution in [0, 0.1) is 5.92 Å². The molecule has 0 spiro atoms. The first-order chi connectivity index (χ1) is 21.0. The van der Waals surface area contributed by atoms with Gasteiger partial charge in [-0.3, -0.25) is 14.7 Å². The number of fused-ring (bicyclic) bond motifs is 1. The molecular weight excluding hydrogens is 585 g/mol. The third-order valence-corrected chi connectivity index (χ3v) is 8.06. The van der Waals surface area contributed by atoms with Gasteiger partial charge in [0.25, 0.3) is 0 Å². The van der Waals surface area contributed by atoms with Gasteiger partial charge in [-0.2, -0.15) is 22.0 Å². The number of nitrogens with zero attached hydrogens (tertiary/aromatic N) is 6. The second kappa shape index (κ2) is 11.7. The SMILES string of the molecule is CC(c1ccnc(Cc2nc3ccc(-c4cc(OCC(F)(F)C(F)(F)F)ncn4)cc3[nH]2)c1)N1CCN(C(=O)C2CC2)CC1. The van der Waals surface area contributed by atoms with E-state index >= 15 is 0 Å². The third kappa shape index (κ3) is 6.49. The normalized spacial score (nSPS) is 17.2. The van der Waals surface area contributed by atoms with Gasteiger partial charge >= 0.3 is 12.1 Å². The number of amides is 1. The molecule has 9 nitrogen and oxygen atoms in total. The smallest absolute Gasteiger partial charge is 0.456 e. The van der Waals surface area contributed by atoms with Gasteiger partial charge in [0.1, 0.15) is 12.2 Å². The van der Waals surface area contributed by atoms with E-state index in [9.17, 15) is 26.7 Å². The van der Waals surface area contributed by atoms with E-state index in [0.717, 1.165) is 56.6 Å². The molecule has 0 radical (unpaired) electrons. The Morgan fingerprint density at radius 2 is 1.80 bits per heavy atom. The number of hydrogen-bond acceptors (Lipinski definition) is 7. The molecule has 4 aromatic rings. The summed E-state index contributed by atoms with van der Waals surface area (Å²) in [5, 5.41) is 0. The van der Waals surface area contributed by atoms with E-state index in [2.05, 4.69) is 47.5 Å². The van der Waals surface area contributed by atoms with E-state index in [-0.39, 0.29) is 17.7 Å². The van der Waals surface area contributed by atoms with Crippen LogP contribution in [0.2, 0.25) is 0 Å². The number of imidazole rings is 1.